The highest BCUT2D eigenvalue weighted by Crippen LogP contribution is 2.51. The smallest absolute Gasteiger partial charge is 0.138 e. The predicted molar refractivity (Wildman–Crippen MR) is 200 cm³/mol. The molecule has 0 atom stereocenters. The van der Waals surface area contributed by atoms with Gasteiger partial charge >= 0.3 is 0 Å². The molecule has 0 radical (unpaired) electrons. The predicted octanol–water partition coefficient (Wildman–Crippen LogP) is 12.2. The molecule has 47 heavy (non-hydrogen) atoms. The second-order valence-corrected chi connectivity index (χ2v) is 14.2. The third kappa shape index (κ3) is 3.81. The standard InChI is InChI=1S/C44H30N2S/c1-44(2)36-20-9-6-15-29(36)34-26-40-35(25-37(34)44)30-16-7-10-21-39(30)46(40)42-24-28(27-13-4-3-5-14-27)23-38(45-42)33-19-12-18-32-31-17-8-11-22-41(31)47-43(32)33/h3-26H,1-2H3. The number of hydrogen-bond donors (Lipinski definition) is 0. The maximum Gasteiger partial charge on any atom is 0.138 e. The Balaban J connectivity index is 1.30. The van der Waals surface area contributed by atoms with Crippen molar-refractivity contribution in [2.75, 3.05) is 0 Å². The normalized spacial score (nSPS) is 13.5. The number of aromatic nitrogens is 2. The Morgan fingerprint density at radius 2 is 1.23 bits per heavy atom. The molecule has 2 nitrogen and oxygen atoms in total. The van der Waals surface area contributed by atoms with Gasteiger partial charge in [-0.25, -0.2) is 4.98 Å². The van der Waals surface area contributed by atoms with Crippen molar-refractivity contribution in [2.24, 2.45) is 0 Å². The molecule has 0 aliphatic heterocycles. The first kappa shape index (κ1) is 26.7. The van der Waals surface area contributed by atoms with Crippen molar-refractivity contribution in [3.05, 3.63) is 157 Å². The average Bonchev–Trinajstić information content (AvgIpc) is 3.73. The van der Waals surface area contributed by atoms with Crippen LogP contribution < -0.4 is 0 Å². The van der Waals surface area contributed by atoms with Crippen molar-refractivity contribution in [3.63, 3.8) is 0 Å². The lowest BCUT2D eigenvalue weighted by atomic mass is 9.82. The molecule has 3 heteroatoms. The van der Waals surface area contributed by atoms with Gasteiger partial charge in [-0.05, 0) is 69.8 Å². The van der Waals surface area contributed by atoms with Crippen molar-refractivity contribution in [2.45, 2.75) is 19.3 Å². The molecule has 3 heterocycles. The van der Waals surface area contributed by atoms with Crippen LogP contribution in [0.1, 0.15) is 25.0 Å². The maximum absolute atomic E-state index is 5.53. The summed E-state index contributed by atoms with van der Waals surface area (Å²) in [5, 5.41) is 5.09. The van der Waals surface area contributed by atoms with E-state index in [1.54, 1.807) is 0 Å². The molecule has 0 saturated carbocycles. The number of rotatable bonds is 3. The molecule has 0 saturated heterocycles. The summed E-state index contributed by atoms with van der Waals surface area (Å²) in [7, 11) is 0. The Hall–Kier alpha value is -5.51. The topological polar surface area (TPSA) is 17.8 Å². The van der Waals surface area contributed by atoms with Crippen LogP contribution in [0.2, 0.25) is 0 Å². The number of hydrogen-bond acceptors (Lipinski definition) is 2. The van der Waals surface area contributed by atoms with Crippen LogP contribution in [-0.2, 0) is 5.41 Å². The summed E-state index contributed by atoms with van der Waals surface area (Å²) in [6.45, 7) is 4.71. The van der Waals surface area contributed by atoms with Gasteiger partial charge in [-0.2, -0.15) is 0 Å². The summed E-state index contributed by atoms with van der Waals surface area (Å²) in [6, 6.07) is 53.2. The number of fused-ring (bicyclic) bond motifs is 9. The number of benzene rings is 6. The Kier molecular flexibility index (Phi) is 5.53. The van der Waals surface area contributed by atoms with E-state index in [2.05, 4.69) is 164 Å². The quantitative estimate of drug-likeness (QED) is 0.193. The highest BCUT2D eigenvalue weighted by Gasteiger charge is 2.36. The van der Waals surface area contributed by atoms with Crippen molar-refractivity contribution in [1.29, 1.82) is 0 Å². The van der Waals surface area contributed by atoms with Gasteiger partial charge in [0.15, 0.2) is 0 Å². The maximum atomic E-state index is 5.53. The first-order chi connectivity index (χ1) is 23.1. The summed E-state index contributed by atoms with van der Waals surface area (Å²) in [5.41, 5.74) is 12.2. The van der Waals surface area contributed by atoms with Gasteiger partial charge in [0.25, 0.3) is 0 Å². The molecule has 3 aromatic heterocycles. The largest absolute Gasteiger partial charge is 0.294 e. The van der Waals surface area contributed by atoms with E-state index in [0.29, 0.717) is 0 Å². The van der Waals surface area contributed by atoms with Crippen molar-refractivity contribution < 1.29 is 0 Å². The third-order valence-corrected chi connectivity index (χ3v) is 11.4. The van der Waals surface area contributed by atoms with E-state index in [4.69, 9.17) is 4.98 Å². The summed E-state index contributed by atoms with van der Waals surface area (Å²) in [6.07, 6.45) is 0. The van der Waals surface area contributed by atoms with Crippen LogP contribution in [0.4, 0.5) is 0 Å². The van der Waals surface area contributed by atoms with E-state index in [1.165, 1.54) is 75.4 Å². The SMILES string of the molecule is CC1(C)c2ccccc2-c2cc3c(cc21)c1ccccc1n3-c1cc(-c2ccccc2)cc(-c2cccc3c2sc2ccccc23)n1. The van der Waals surface area contributed by atoms with E-state index in [0.717, 1.165) is 17.1 Å². The zero-order chi connectivity index (χ0) is 31.3. The van der Waals surface area contributed by atoms with E-state index < -0.39 is 0 Å². The van der Waals surface area contributed by atoms with E-state index in [1.807, 2.05) is 11.3 Å². The van der Waals surface area contributed by atoms with Crippen LogP contribution in [0.5, 0.6) is 0 Å². The average molecular weight is 619 g/mol. The molecular weight excluding hydrogens is 589 g/mol. The lowest BCUT2D eigenvalue weighted by Crippen LogP contribution is -2.14. The van der Waals surface area contributed by atoms with Gasteiger partial charge in [0.1, 0.15) is 5.82 Å². The number of nitrogens with zero attached hydrogens (tertiary/aromatic N) is 2. The van der Waals surface area contributed by atoms with Crippen LogP contribution in [0.3, 0.4) is 0 Å². The van der Waals surface area contributed by atoms with Gasteiger partial charge in [-0.15, -0.1) is 11.3 Å². The van der Waals surface area contributed by atoms with Crippen LogP contribution in [0, 0.1) is 0 Å². The summed E-state index contributed by atoms with van der Waals surface area (Å²) >= 11 is 1.85. The van der Waals surface area contributed by atoms with Gasteiger partial charge in [0, 0.05) is 41.9 Å². The molecule has 0 fully saturated rings. The van der Waals surface area contributed by atoms with E-state index >= 15 is 0 Å². The molecule has 0 spiro atoms. The molecule has 0 N–H and O–H groups in total. The van der Waals surface area contributed by atoms with Gasteiger partial charge in [0.2, 0.25) is 0 Å². The number of para-hydroxylation sites is 1. The zero-order valence-corrected chi connectivity index (χ0v) is 27.0. The molecule has 222 valence electrons. The van der Waals surface area contributed by atoms with Crippen molar-refractivity contribution in [3.8, 4) is 39.3 Å². The fourth-order valence-electron chi connectivity index (χ4n) is 7.92. The Morgan fingerprint density at radius 1 is 0.511 bits per heavy atom. The van der Waals surface area contributed by atoms with Gasteiger partial charge < -0.3 is 0 Å². The Bertz CT molecular complexity index is 2710. The zero-order valence-electron chi connectivity index (χ0n) is 26.2. The fraction of sp³-hybridized carbons (Fsp3) is 0.0682. The highest BCUT2D eigenvalue weighted by atomic mass is 32.1. The van der Waals surface area contributed by atoms with Crippen LogP contribution >= 0.6 is 11.3 Å². The van der Waals surface area contributed by atoms with E-state index in [-0.39, 0.29) is 5.41 Å². The minimum atomic E-state index is -0.0646. The Labute approximate surface area is 277 Å². The summed E-state index contributed by atoms with van der Waals surface area (Å²) < 4.78 is 4.96. The molecule has 0 amide bonds. The monoisotopic (exact) mass is 618 g/mol. The molecule has 9 aromatic rings. The van der Waals surface area contributed by atoms with Crippen LogP contribution in [-0.4, -0.2) is 9.55 Å². The molecule has 6 aromatic carbocycles. The summed E-state index contributed by atoms with van der Waals surface area (Å²) in [4.78, 5) is 5.53. The van der Waals surface area contributed by atoms with Crippen molar-refractivity contribution >= 4 is 53.3 Å². The van der Waals surface area contributed by atoms with Crippen LogP contribution in [0.15, 0.2) is 146 Å². The molecule has 0 unspecified atom stereocenters. The van der Waals surface area contributed by atoms with Gasteiger partial charge in [-0.3, -0.25) is 4.57 Å². The second kappa shape index (κ2) is 9.75. The first-order valence-electron chi connectivity index (χ1n) is 16.2. The second-order valence-electron chi connectivity index (χ2n) is 13.2. The lowest BCUT2D eigenvalue weighted by molar-refractivity contribution is 0.661. The van der Waals surface area contributed by atoms with Gasteiger partial charge in [-0.1, -0.05) is 123 Å². The third-order valence-electron chi connectivity index (χ3n) is 10.2. The van der Waals surface area contributed by atoms with E-state index in [9.17, 15) is 0 Å². The van der Waals surface area contributed by atoms with Crippen molar-refractivity contribution in [1.82, 2.24) is 9.55 Å². The molecular formula is C44H30N2S. The molecule has 1 aliphatic rings. The number of thiophene rings is 1. The minimum absolute atomic E-state index is 0.0646. The molecule has 10 rings (SSSR count). The molecule has 1 aliphatic carbocycles. The molecule has 0 bridgehead atoms. The van der Waals surface area contributed by atoms with Gasteiger partial charge in [0.05, 0.1) is 16.7 Å². The summed E-state index contributed by atoms with van der Waals surface area (Å²) in [5.74, 6) is 0.927. The highest BCUT2D eigenvalue weighted by molar-refractivity contribution is 7.26. The number of pyridine rings is 1. The minimum Gasteiger partial charge on any atom is -0.294 e. The van der Waals surface area contributed by atoms with Crippen LogP contribution in [0.25, 0.3) is 81.3 Å². The Morgan fingerprint density at radius 3 is 2.13 bits per heavy atom. The fourth-order valence-corrected chi connectivity index (χ4v) is 9.15. The lowest BCUT2D eigenvalue weighted by Gasteiger charge is -2.21. The first-order valence-corrected chi connectivity index (χ1v) is 17.0.